The molecule has 18 heavy (non-hydrogen) atoms. The van der Waals surface area contributed by atoms with E-state index in [-0.39, 0.29) is 6.42 Å². The zero-order valence-electron chi connectivity index (χ0n) is 11.3. The third-order valence-corrected chi connectivity index (χ3v) is 3.15. The number of hydrogen-bond donors (Lipinski definition) is 2. The van der Waals surface area contributed by atoms with Gasteiger partial charge >= 0.3 is 5.97 Å². The monoisotopic (exact) mass is 250 g/mol. The van der Waals surface area contributed by atoms with Crippen LogP contribution >= 0.6 is 0 Å². The Hall–Kier alpha value is -1.35. The van der Waals surface area contributed by atoms with E-state index in [0.29, 0.717) is 6.42 Å². The van der Waals surface area contributed by atoms with Crippen molar-refractivity contribution in [3.8, 4) is 0 Å². The number of aliphatic hydroxyl groups excluding tert-OH is 1. The van der Waals surface area contributed by atoms with Gasteiger partial charge in [0.05, 0.1) is 12.5 Å². The van der Waals surface area contributed by atoms with Gasteiger partial charge in [-0.3, -0.25) is 4.79 Å². The van der Waals surface area contributed by atoms with E-state index in [4.69, 9.17) is 5.11 Å². The number of aryl methyl sites for hydroxylation is 1. The van der Waals surface area contributed by atoms with E-state index in [1.165, 1.54) is 5.56 Å². The minimum absolute atomic E-state index is 0.0666. The largest absolute Gasteiger partial charge is 0.481 e. The fourth-order valence-corrected chi connectivity index (χ4v) is 2.10. The lowest BCUT2D eigenvalue weighted by Crippen LogP contribution is -2.20. The van der Waals surface area contributed by atoms with Crippen molar-refractivity contribution < 1.29 is 15.0 Å². The summed E-state index contributed by atoms with van der Waals surface area (Å²) < 4.78 is 0. The Morgan fingerprint density at radius 1 is 1.28 bits per heavy atom. The number of aliphatic hydroxyl groups is 1. The van der Waals surface area contributed by atoms with E-state index in [1.54, 1.807) is 0 Å². The van der Waals surface area contributed by atoms with Crippen LogP contribution in [-0.2, 0) is 11.2 Å². The van der Waals surface area contributed by atoms with Crippen LogP contribution in [0.5, 0.6) is 0 Å². The molecule has 3 nitrogen and oxygen atoms in total. The van der Waals surface area contributed by atoms with Crippen LogP contribution < -0.4 is 0 Å². The zero-order valence-corrected chi connectivity index (χ0v) is 11.3. The number of carboxylic acid groups (broad SMARTS) is 1. The van der Waals surface area contributed by atoms with Gasteiger partial charge in [-0.2, -0.15) is 0 Å². The van der Waals surface area contributed by atoms with Crippen LogP contribution in [0.3, 0.4) is 0 Å². The molecule has 0 aliphatic rings. The number of rotatable bonds is 6. The smallest absolute Gasteiger partial charge is 0.303 e. The summed E-state index contributed by atoms with van der Waals surface area (Å²) in [5.41, 5.74) is 1.68. The first-order chi connectivity index (χ1) is 8.34. The van der Waals surface area contributed by atoms with Gasteiger partial charge < -0.3 is 10.2 Å². The average molecular weight is 250 g/mol. The van der Waals surface area contributed by atoms with Crippen LogP contribution in [0.4, 0.5) is 0 Å². The van der Waals surface area contributed by atoms with E-state index in [2.05, 4.69) is 6.92 Å². The van der Waals surface area contributed by atoms with Crippen molar-refractivity contribution in [2.45, 2.75) is 46.1 Å². The first-order valence-electron chi connectivity index (χ1n) is 6.33. The maximum absolute atomic E-state index is 10.7. The van der Waals surface area contributed by atoms with Gasteiger partial charge in [-0.05, 0) is 29.4 Å². The van der Waals surface area contributed by atoms with E-state index in [0.717, 1.165) is 12.0 Å². The zero-order chi connectivity index (χ0) is 13.8. The molecule has 0 saturated heterocycles. The molecule has 100 valence electrons. The van der Waals surface area contributed by atoms with Crippen molar-refractivity contribution in [3.63, 3.8) is 0 Å². The third-order valence-electron chi connectivity index (χ3n) is 3.15. The standard InChI is InChI=1S/C15H22O3/c1-4-11-5-7-12(8-6-11)13(16)9-15(2,3)10-14(17)18/h5-8,13,16H,4,9-10H2,1-3H3,(H,17,18). The van der Waals surface area contributed by atoms with Crippen molar-refractivity contribution >= 4 is 5.97 Å². The van der Waals surface area contributed by atoms with Crippen molar-refractivity contribution in [1.82, 2.24) is 0 Å². The fourth-order valence-electron chi connectivity index (χ4n) is 2.10. The van der Waals surface area contributed by atoms with Crippen LogP contribution in [0.1, 0.15) is 50.8 Å². The van der Waals surface area contributed by atoms with Gasteiger partial charge in [0.15, 0.2) is 0 Å². The molecule has 0 amide bonds. The summed E-state index contributed by atoms with van der Waals surface area (Å²) in [6, 6.07) is 7.84. The highest BCUT2D eigenvalue weighted by Crippen LogP contribution is 2.32. The molecule has 0 aliphatic heterocycles. The highest BCUT2D eigenvalue weighted by Gasteiger charge is 2.25. The predicted octanol–water partition coefficient (Wildman–Crippen LogP) is 3.17. The molecule has 0 heterocycles. The van der Waals surface area contributed by atoms with Crippen LogP contribution in [0.25, 0.3) is 0 Å². The molecule has 1 aromatic rings. The minimum atomic E-state index is -0.825. The Morgan fingerprint density at radius 3 is 2.28 bits per heavy atom. The fraction of sp³-hybridized carbons (Fsp3) is 0.533. The molecular weight excluding hydrogens is 228 g/mol. The predicted molar refractivity (Wildman–Crippen MR) is 71.4 cm³/mol. The number of aliphatic carboxylic acids is 1. The van der Waals surface area contributed by atoms with Crippen LogP contribution in [0.2, 0.25) is 0 Å². The highest BCUT2D eigenvalue weighted by atomic mass is 16.4. The Bertz CT molecular complexity index is 393. The molecule has 1 aromatic carbocycles. The summed E-state index contributed by atoms with van der Waals surface area (Å²) in [5.74, 6) is -0.825. The first-order valence-corrected chi connectivity index (χ1v) is 6.33. The van der Waals surface area contributed by atoms with Crippen LogP contribution in [0, 0.1) is 5.41 Å². The molecule has 1 unspecified atom stereocenters. The molecule has 1 rings (SSSR count). The van der Waals surface area contributed by atoms with Crippen molar-refractivity contribution in [3.05, 3.63) is 35.4 Å². The van der Waals surface area contributed by atoms with Gasteiger partial charge in [0.2, 0.25) is 0 Å². The molecule has 0 aliphatic carbocycles. The highest BCUT2D eigenvalue weighted by molar-refractivity contribution is 5.67. The first kappa shape index (κ1) is 14.7. The summed E-state index contributed by atoms with van der Waals surface area (Å²) in [7, 11) is 0. The molecule has 0 saturated carbocycles. The van der Waals surface area contributed by atoms with Gasteiger partial charge in [-0.15, -0.1) is 0 Å². The minimum Gasteiger partial charge on any atom is -0.481 e. The Morgan fingerprint density at radius 2 is 1.83 bits per heavy atom. The molecule has 0 radical (unpaired) electrons. The molecule has 0 aromatic heterocycles. The lowest BCUT2D eigenvalue weighted by Gasteiger charge is -2.25. The quantitative estimate of drug-likeness (QED) is 0.815. The molecule has 3 heteroatoms. The molecule has 1 atom stereocenters. The molecule has 0 fully saturated rings. The number of benzene rings is 1. The third kappa shape index (κ3) is 4.49. The van der Waals surface area contributed by atoms with Crippen molar-refractivity contribution in [1.29, 1.82) is 0 Å². The summed E-state index contributed by atoms with van der Waals surface area (Å²) >= 11 is 0. The normalized spacial score (nSPS) is 13.3. The van der Waals surface area contributed by atoms with E-state index in [1.807, 2.05) is 38.1 Å². The molecule has 2 N–H and O–H groups in total. The summed E-state index contributed by atoms with van der Waals surface area (Å²) in [4.78, 5) is 10.7. The summed E-state index contributed by atoms with van der Waals surface area (Å²) in [6.45, 7) is 5.82. The van der Waals surface area contributed by atoms with Gasteiger partial charge in [-0.25, -0.2) is 0 Å². The number of carboxylic acids is 1. The topological polar surface area (TPSA) is 57.5 Å². The van der Waals surface area contributed by atoms with Crippen LogP contribution in [0.15, 0.2) is 24.3 Å². The molecular formula is C15H22O3. The second-order valence-corrected chi connectivity index (χ2v) is 5.55. The van der Waals surface area contributed by atoms with Crippen molar-refractivity contribution in [2.24, 2.45) is 5.41 Å². The molecule has 0 spiro atoms. The van der Waals surface area contributed by atoms with Gasteiger partial charge in [0.25, 0.3) is 0 Å². The van der Waals surface area contributed by atoms with Crippen molar-refractivity contribution in [2.75, 3.05) is 0 Å². The lowest BCUT2D eigenvalue weighted by atomic mass is 9.82. The Balaban J connectivity index is 2.68. The van der Waals surface area contributed by atoms with Gasteiger partial charge in [0, 0.05) is 0 Å². The maximum Gasteiger partial charge on any atom is 0.303 e. The molecule has 0 bridgehead atoms. The van der Waals surface area contributed by atoms with E-state index < -0.39 is 17.5 Å². The second-order valence-electron chi connectivity index (χ2n) is 5.55. The Kier molecular flexibility index (Phi) is 4.91. The van der Waals surface area contributed by atoms with E-state index in [9.17, 15) is 9.90 Å². The maximum atomic E-state index is 10.7. The van der Waals surface area contributed by atoms with E-state index >= 15 is 0 Å². The van der Waals surface area contributed by atoms with Gasteiger partial charge in [-0.1, -0.05) is 45.0 Å². The average Bonchev–Trinajstić information content (AvgIpc) is 2.26. The SMILES string of the molecule is CCc1ccc(C(O)CC(C)(C)CC(=O)O)cc1. The second kappa shape index (κ2) is 6.01. The summed E-state index contributed by atoms with van der Waals surface area (Å²) in [6.07, 6.45) is 0.883. The number of carbonyl (C=O) groups is 1. The van der Waals surface area contributed by atoms with Crippen LogP contribution in [-0.4, -0.2) is 16.2 Å². The summed E-state index contributed by atoms with van der Waals surface area (Å²) in [5, 5.41) is 19.0. The Labute approximate surface area is 108 Å². The van der Waals surface area contributed by atoms with Gasteiger partial charge in [0.1, 0.15) is 0 Å². The number of hydrogen-bond acceptors (Lipinski definition) is 2. The lowest BCUT2D eigenvalue weighted by molar-refractivity contribution is -0.139.